The van der Waals surface area contributed by atoms with Crippen LogP contribution in [-0.2, 0) is 0 Å². The summed E-state index contributed by atoms with van der Waals surface area (Å²) >= 11 is 0. The second kappa shape index (κ2) is 3.50. The maximum Gasteiger partial charge on any atom is 0.246 e. The van der Waals surface area contributed by atoms with Crippen molar-refractivity contribution in [2.24, 2.45) is 0 Å². The Balaban J connectivity index is 4.39. The molecule has 0 heterocycles. The summed E-state index contributed by atoms with van der Waals surface area (Å²) in [6, 6.07) is 0. The fraction of sp³-hybridized carbons (Fsp3) is 0.500. The third kappa shape index (κ3) is 3.16. The van der Waals surface area contributed by atoms with E-state index in [1.165, 1.54) is 13.1 Å². The van der Waals surface area contributed by atoms with Crippen LogP contribution in [0.5, 0.6) is 0 Å². The van der Waals surface area contributed by atoms with E-state index in [0.717, 1.165) is 0 Å². The molecule has 0 radical (unpaired) electrons. The first-order valence-corrected chi connectivity index (χ1v) is 3.21. The molecule has 11 heavy (non-hydrogen) atoms. The number of nitrogens with one attached hydrogen (secondary N) is 2. The standard InChI is InChI=1S/C6H11BF2N2/c1-4(3-11-2)5(10)6(7,8)9/h3,10-11H,7H2,1-2H3/b4-3-,10-5?. The smallest absolute Gasteiger partial charge is 0.246 e. The summed E-state index contributed by atoms with van der Waals surface area (Å²) < 4.78 is 24.8. The van der Waals surface area contributed by atoms with Crippen LogP contribution < -0.4 is 5.32 Å². The van der Waals surface area contributed by atoms with E-state index in [4.69, 9.17) is 5.41 Å². The van der Waals surface area contributed by atoms with Crippen LogP contribution in [-0.4, -0.2) is 26.4 Å². The van der Waals surface area contributed by atoms with Crippen LogP contribution >= 0.6 is 0 Å². The quantitative estimate of drug-likeness (QED) is 0.453. The van der Waals surface area contributed by atoms with Crippen molar-refractivity contribution >= 4 is 13.6 Å². The molecule has 0 aliphatic heterocycles. The number of alkyl halides is 2. The van der Waals surface area contributed by atoms with Crippen LogP contribution in [0.4, 0.5) is 8.78 Å². The summed E-state index contributed by atoms with van der Waals surface area (Å²) in [5.41, 5.74) is -0.396. The molecule has 0 bridgehead atoms. The Morgan fingerprint density at radius 1 is 1.64 bits per heavy atom. The van der Waals surface area contributed by atoms with E-state index in [1.807, 2.05) is 0 Å². The average molecular weight is 160 g/mol. The van der Waals surface area contributed by atoms with Crippen LogP contribution in [0.15, 0.2) is 11.8 Å². The minimum Gasteiger partial charge on any atom is -0.394 e. The maximum atomic E-state index is 12.4. The minimum atomic E-state index is -3.04. The van der Waals surface area contributed by atoms with Crippen molar-refractivity contribution in [1.82, 2.24) is 5.32 Å². The monoisotopic (exact) mass is 160 g/mol. The zero-order chi connectivity index (χ0) is 9.07. The van der Waals surface area contributed by atoms with Gasteiger partial charge in [-0.15, -0.1) is 0 Å². The first-order chi connectivity index (χ1) is 4.89. The molecule has 0 saturated heterocycles. The number of hydrogen-bond donors (Lipinski definition) is 2. The van der Waals surface area contributed by atoms with E-state index in [0.29, 0.717) is 7.85 Å². The van der Waals surface area contributed by atoms with E-state index in [-0.39, 0.29) is 5.57 Å². The van der Waals surface area contributed by atoms with Gasteiger partial charge in [0.05, 0.1) is 5.71 Å². The molecule has 0 aromatic rings. The Hall–Kier alpha value is -0.865. The largest absolute Gasteiger partial charge is 0.394 e. The molecule has 0 atom stereocenters. The fourth-order valence-corrected chi connectivity index (χ4v) is 0.635. The molecule has 62 valence electrons. The molecule has 0 rings (SSSR count). The van der Waals surface area contributed by atoms with Crippen LogP contribution in [0.1, 0.15) is 6.92 Å². The molecular formula is C6H11BF2N2. The topological polar surface area (TPSA) is 35.9 Å². The van der Waals surface area contributed by atoms with Crippen LogP contribution in [0.3, 0.4) is 0 Å². The van der Waals surface area contributed by atoms with E-state index < -0.39 is 11.5 Å². The van der Waals surface area contributed by atoms with E-state index in [9.17, 15) is 8.78 Å². The highest BCUT2D eigenvalue weighted by Gasteiger charge is 2.28. The summed E-state index contributed by atoms with van der Waals surface area (Å²) in [5.74, 6) is -3.04. The highest BCUT2D eigenvalue weighted by atomic mass is 19.3. The predicted molar refractivity (Wildman–Crippen MR) is 44.0 cm³/mol. The Kier molecular flexibility index (Phi) is 3.23. The molecular weight excluding hydrogens is 149 g/mol. The molecule has 0 amide bonds. The normalized spacial score (nSPS) is 12.9. The molecule has 0 unspecified atom stereocenters. The summed E-state index contributed by atoms with van der Waals surface area (Å²) in [6.07, 6.45) is 1.37. The number of halogens is 2. The van der Waals surface area contributed by atoms with E-state index in [2.05, 4.69) is 5.32 Å². The lowest BCUT2D eigenvalue weighted by molar-refractivity contribution is 0.174. The molecule has 0 aromatic carbocycles. The second-order valence-corrected chi connectivity index (χ2v) is 2.38. The lowest BCUT2D eigenvalue weighted by Crippen LogP contribution is -2.29. The third-order valence-electron chi connectivity index (χ3n) is 1.19. The van der Waals surface area contributed by atoms with Gasteiger partial charge in [-0.3, -0.25) is 5.41 Å². The van der Waals surface area contributed by atoms with Gasteiger partial charge in [-0.1, -0.05) is 0 Å². The predicted octanol–water partition coefficient (Wildman–Crippen LogP) is 0.355. The first kappa shape index (κ1) is 10.1. The van der Waals surface area contributed by atoms with Gasteiger partial charge in [0.25, 0.3) is 0 Å². The van der Waals surface area contributed by atoms with Gasteiger partial charge < -0.3 is 5.32 Å². The number of allylic oxidation sites excluding steroid dienone is 1. The maximum absolute atomic E-state index is 12.4. The van der Waals surface area contributed by atoms with Crippen molar-refractivity contribution in [3.8, 4) is 0 Å². The molecule has 0 fully saturated rings. The van der Waals surface area contributed by atoms with Gasteiger partial charge in [-0.2, -0.15) is 0 Å². The van der Waals surface area contributed by atoms with E-state index >= 15 is 0 Å². The van der Waals surface area contributed by atoms with Gasteiger partial charge in [0.1, 0.15) is 0 Å². The van der Waals surface area contributed by atoms with Crippen LogP contribution in [0.25, 0.3) is 0 Å². The highest BCUT2D eigenvalue weighted by Crippen LogP contribution is 2.14. The molecule has 0 aliphatic carbocycles. The number of hydrogen-bond acceptors (Lipinski definition) is 2. The van der Waals surface area contributed by atoms with Crippen molar-refractivity contribution in [3.63, 3.8) is 0 Å². The lowest BCUT2D eigenvalue weighted by atomic mass is 9.90. The van der Waals surface area contributed by atoms with Crippen molar-refractivity contribution in [2.75, 3.05) is 7.05 Å². The van der Waals surface area contributed by atoms with Gasteiger partial charge in [-0.05, 0) is 12.5 Å². The Bertz CT molecular complexity index is 184. The SMILES string of the molecule is BC(F)(F)C(=N)/C(C)=C\NC. The van der Waals surface area contributed by atoms with Gasteiger partial charge in [0.15, 0.2) is 0 Å². The second-order valence-electron chi connectivity index (χ2n) is 2.38. The van der Waals surface area contributed by atoms with Crippen LogP contribution in [0, 0.1) is 5.41 Å². The first-order valence-electron chi connectivity index (χ1n) is 3.21. The molecule has 2 nitrogen and oxygen atoms in total. The van der Waals surface area contributed by atoms with Gasteiger partial charge >= 0.3 is 0 Å². The zero-order valence-electron chi connectivity index (χ0n) is 6.83. The Labute approximate surface area is 65.6 Å². The van der Waals surface area contributed by atoms with Gasteiger partial charge in [-0.25, -0.2) is 8.78 Å². The lowest BCUT2D eigenvalue weighted by Gasteiger charge is -2.12. The average Bonchev–Trinajstić information content (AvgIpc) is 1.85. The minimum absolute atomic E-state index is 0.250. The van der Waals surface area contributed by atoms with Crippen molar-refractivity contribution in [3.05, 3.63) is 11.8 Å². The van der Waals surface area contributed by atoms with Gasteiger partial charge in [0, 0.05) is 13.2 Å². The molecule has 5 heteroatoms. The van der Waals surface area contributed by atoms with Gasteiger partial charge in [0.2, 0.25) is 13.7 Å². The zero-order valence-corrected chi connectivity index (χ0v) is 6.83. The summed E-state index contributed by atoms with van der Waals surface area (Å²) in [7, 11) is 2.31. The molecule has 0 spiro atoms. The Morgan fingerprint density at radius 2 is 2.09 bits per heavy atom. The van der Waals surface area contributed by atoms with Crippen molar-refractivity contribution in [2.45, 2.75) is 12.7 Å². The fourth-order valence-electron chi connectivity index (χ4n) is 0.635. The summed E-state index contributed by atoms with van der Waals surface area (Å²) in [6.45, 7) is 1.47. The third-order valence-corrected chi connectivity index (χ3v) is 1.19. The molecule has 0 aromatic heterocycles. The van der Waals surface area contributed by atoms with E-state index in [1.54, 1.807) is 7.05 Å². The van der Waals surface area contributed by atoms with Crippen molar-refractivity contribution < 1.29 is 8.78 Å². The van der Waals surface area contributed by atoms with Crippen molar-refractivity contribution in [1.29, 1.82) is 5.41 Å². The summed E-state index contributed by atoms with van der Waals surface area (Å²) in [4.78, 5) is 0. The molecule has 0 aliphatic rings. The summed E-state index contributed by atoms with van der Waals surface area (Å²) in [5, 5.41) is 9.58. The van der Waals surface area contributed by atoms with Crippen LogP contribution in [0.2, 0.25) is 0 Å². The molecule has 0 saturated carbocycles. The highest BCUT2D eigenvalue weighted by molar-refractivity contribution is 6.30. The molecule has 2 N–H and O–H groups in total. The Morgan fingerprint density at radius 3 is 2.36 bits per heavy atom. The number of rotatable bonds is 3.